The Hall–Kier alpha value is -2.55. The normalized spacial score (nSPS) is 16.2. The standard InChI is InChI=1S/C17H14F5N3O/c18-12-1-2-14(19)11(7-12)9-24-5-6-25(16(26)10-24)13-3-4-23-15(8-13)17(20,21)22/h1-4,7-8H,5-6,9-10H2. The number of hydrogen-bond acceptors (Lipinski definition) is 3. The maximum absolute atomic E-state index is 13.7. The molecule has 1 aromatic carbocycles. The van der Waals surface area contributed by atoms with Gasteiger partial charge in [0.1, 0.15) is 17.3 Å². The maximum atomic E-state index is 13.7. The van der Waals surface area contributed by atoms with Crippen LogP contribution in [0.3, 0.4) is 0 Å². The van der Waals surface area contributed by atoms with Gasteiger partial charge in [-0.25, -0.2) is 8.78 Å². The first-order valence-electron chi connectivity index (χ1n) is 7.74. The Bertz CT molecular complexity index is 824. The van der Waals surface area contributed by atoms with E-state index in [4.69, 9.17) is 0 Å². The molecule has 2 aromatic rings. The Morgan fingerprint density at radius 2 is 1.85 bits per heavy atom. The van der Waals surface area contributed by atoms with Gasteiger partial charge in [-0.15, -0.1) is 0 Å². The lowest BCUT2D eigenvalue weighted by atomic mass is 10.1. The predicted octanol–water partition coefficient (Wildman–Crippen LogP) is 3.23. The number of hydrogen-bond donors (Lipinski definition) is 0. The lowest BCUT2D eigenvalue weighted by molar-refractivity contribution is -0.141. The van der Waals surface area contributed by atoms with Gasteiger partial charge in [0.05, 0.1) is 6.54 Å². The van der Waals surface area contributed by atoms with E-state index in [1.807, 2.05) is 0 Å². The molecule has 0 atom stereocenters. The average molecular weight is 371 g/mol. The smallest absolute Gasteiger partial charge is 0.310 e. The molecule has 1 aliphatic rings. The van der Waals surface area contributed by atoms with Crippen LogP contribution in [0.25, 0.3) is 0 Å². The molecule has 2 heterocycles. The molecule has 0 aliphatic carbocycles. The van der Waals surface area contributed by atoms with Gasteiger partial charge in [0.25, 0.3) is 0 Å². The number of pyridine rings is 1. The molecule has 0 unspecified atom stereocenters. The van der Waals surface area contributed by atoms with Gasteiger partial charge < -0.3 is 4.90 Å². The minimum atomic E-state index is -4.60. The van der Waals surface area contributed by atoms with Crippen LogP contribution in [-0.2, 0) is 17.5 Å². The molecule has 0 N–H and O–H groups in total. The molecule has 4 nitrogen and oxygen atoms in total. The van der Waals surface area contributed by atoms with Crippen LogP contribution in [0.2, 0.25) is 0 Å². The summed E-state index contributed by atoms with van der Waals surface area (Å²) in [6, 6.07) is 5.22. The number of piperazine rings is 1. The summed E-state index contributed by atoms with van der Waals surface area (Å²) in [5.74, 6) is -1.58. The third kappa shape index (κ3) is 3.98. The highest BCUT2D eigenvalue weighted by Gasteiger charge is 2.34. The first-order chi connectivity index (χ1) is 12.2. The number of aromatic nitrogens is 1. The van der Waals surface area contributed by atoms with Crippen LogP contribution in [0, 0.1) is 11.6 Å². The summed E-state index contributed by atoms with van der Waals surface area (Å²) in [5.41, 5.74) is -0.851. The highest BCUT2D eigenvalue weighted by Crippen LogP contribution is 2.30. The first kappa shape index (κ1) is 18.2. The Morgan fingerprint density at radius 3 is 2.54 bits per heavy atom. The zero-order chi connectivity index (χ0) is 18.9. The Labute approximate surface area is 145 Å². The second kappa shape index (κ2) is 6.99. The largest absolute Gasteiger partial charge is 0.433 e. The molecule has 138 valence electrons. The van der Waals surface area contributed by atoms with Crippen LogP contribution in [-0.4, -0.2) is 35.4 Å². The van der Waals surface area contributed by atoms with Crippen LogP contribution < -0.4 is 4.90 Å². The summed E-state index contributed by atoms with van der Waals surface area (Å²) in [6.45, 7) is 0.370. The molecule has 1 saturated heterocycles. The van der Waals surface area contributed by atoms with E-state index >= 15 is 0 Å². The number of carbonyl (C=O) groups is 1. The highest BCUT2D eigenvalue weighted by molar-refractivity contribution is 5.95. The second-order valence-corrected chi connectivity index (χ2v) is 5.89. The SMILES string of the molecule is O=C1CN(Cc2cc(F)ccc2F)CCN1c1ccnc(C(F)(F)F)c1. The van der Waals surface area contributed by atoms with Gasteiger partial charge in [0.15, 0.2) is 0 Å². The van der Waals surface area contributed by atoms with Crippen LogP contribution >= 0.6 is 0 Å². The molecule has 0 spiro atoms. The summed E-state index contributed by atoms with van der Waals surface area (Å²) in [4.78, 5) is 18.4. The topological polar surface area (TPSA) is 36.4 Å². The van der Waals surface area contributed by atoms with Crippen LogP contribution in [0.15, 0.2) is 36.5 Å². The van der Waals surface area contributed by atoms with Crippen LogP contribution in [0.1, 0.15) is 11.3 Å². The summed E-state index contributed by atoms with van der Waals surface area (Å²) in [6.07, 6.45) is -3.60. The summed E-state index contributed by atoms with van der Waals surface area (Å²) >= 11 is 0. The molecule has 1 amide bonds. The van der Waals surface area contributed by atoms with Gasteiger partial charge in [0, 0.05) is 37.1 Å². The van der Waals surface area contributed by atoms with Crippen molar-refractivity contribution in [2.45, 2.75) is 12.7 Å². The molecule has 0 bridgehead atoms. The summed E-state index contributed by atoms with van der Waals surface area (Å²) in [7, 11) is 0. The van der Waals surface area contributed by atoms with E-state index in [0.29, 0.717) is 6.54 Å². The van der Waals surface area contributed by atoms with E-state index in [0.717, 1.165) is 30.5 Å². The molecule has 9 heteroatoms. The van der Waals surface area contributed by atoms with Gasteiger partial charge in [-0.1, -0.05) is 0 Å². The average Bonchev–Trinajstić information content (AvgIpc) is 2.58. The van der Waals surface area contributed by atoms with E-state index in [1.54, 1.807) is 4.90 Å². The number of anilines is 1. The lowest BCUT2D eigenvalue weighted by Crippen LogP contribution is -2.50. The van der Waals surface area contributed by atoms with Gasteiger partial charge in [-0.05, 0) is 30.3 Å². The van der Waals surface area contributed by atoms with Crippen LogP contribution in [0.5, 0.6) is 0 Å². The van der Waals surface area contributed by atoms with Crippen molar-refractivity contribution in [3.63, 3.8) is 0 Å². The summed E-state index contributed by atoms with van der Waals surface area (Å²) in [5, 5.41) is 0. The minimum Gasteiger partial charge on any atom is -0.310 e. The van der Waals surface area contributed by atoms with Crippen molar-refractivity contribution >= 4 is 11.6 Å². The highest BCUT2D eigenvalue weighted by atomic mass is 19.4. The number of carbonyl (C=O) groups excluding carboxylic acids is 1. The maximum Gasteiger partial charge on any atom is 0.433 e. The van der Waals surface area contributed by atoms with Crippen molar-refractivity contribution in [2.75, 3.05) is 24.5 Å². The molecular formula is C17H14F5N3O. The van der Waals surface area contributed by atoms with Gasteiger partial charge in [0.2, 0.25) is 5.91 Å². The van der Waals surface area contributed by atoms with E-state index in [9.17, 15) is 26.7 Å². The second-order valence-electron chi connectivity index (χ2n) is 5.89. The summed E-state index contributed by atoms with van der Waals surface area (Å²) < 4.78 is 65.3. The number of nitrogens with zero attached hydrogens (tertiary/aromatic N) is 3. The van der Waals surface area contributed by atoms with E-state index in [-0.39, 0.29) is 30.9 Å². The van der Waals surface area contributed by atoms with Crippen molar-refractivity contribution in [3.05, 3.63) is 59.4 Å². The van der Waals surface area contributed by atoms with Crippen molar-refractivity contribution in [3.8, 4) is 0 Å². The fraction of sp³-hybridized carbons (Fsp3) is 0.294. The van der Waals surface area contributed by atoms with E-state index in [2.05, 4.69) is 4.98 Å². The molecule has 3 rings (SSSR count). The number of alkyl halides is 3. The Morgan fingerprint density at radius 1 is 1.08 bits per heavy atom. The monoisotopic (exact) mass is 371 g/mol. The zero-order valence-electron chi connectivity index (χ0n) is 13.4. The van der Waals surface area contributed by atoms with Crippen molar-refractivity contribution in [1.29, 1.82) is 0 Å². The van der Waals surface area contributed by atoms with E-state index < -0.39 is 29.4 Å². The van der Waals surface area contributed by atoms with Crippen LogP contribution in [0.4, 0.5) is 27.6 Å². The molecule has 1 fully saturated rings. The number of amides is 1. The molecule has 0 radical (unpaired) electrons. The van der Waals surface area contributed by atoms with Crippen molar-refractivity contribution in [2.24, 2.45) is 0 Å². The van der Waals surface area contributed by atoms with Crippen molar-refractivity contribution < 1.29 is 26.7 Å². The molecular weight excluding hydrogens is 357 g/mol. The molecule has 1 aromatic heterocycles. The number of benzene rings is 1. The number of halogens is 5. The number of rotatable bonds is 3. The predicted molar refractivity (Wildman–Crippen MR) is 83.2 cm³/mol. The van der Waals surface area contributed by atoms with Gasteiger partial charge >= 0.3 is 6.18 Å². The Kier molecular flexibility index (Phi) is 4.90. The van der Waals surface area contributed by atoms with E-state index in [1.165, 1.54) is 11.0 Å². The fourth-order valence-corrected chi connectivity index (χ4v) is 2.78. The lowest BCUT2D eigenvalue weighted by Gasteiger charge is -2.34. The fourth-order valence-electron chi connectivity index (χ4n) is 2.78. The quantitative estimate of drug-likeness (QED) is 0.778. The minimum absolute atomic E-state index is 0.0350. The molecule has 1 aliphatic heterocycles. The zero-order valence-corrected chi connectivity index (χ0v) is 13.4. The van der Waals surface area contributed by atoms with Gasteiger partial charge in [-0.2, -0.15) is 13.2 Å². The molecule has 0 saturated carbocycles. The van der Waals surface area contributed by atoms with Gasteiger partial charge in [-0.3, -0.25) is 14.7 Å². The van der Waals surface area contributed by atoms with Crippen molar-refractivity contribution in [1.82, 2.24) is 9.88 Å². The first-order valence-corrected chi connectivity index (χ1v) is 7.74. The third-order valence-corrected chi connectivity index (χ3v) is 4.05. The Balaban J connectivity index is 1.71. The molecule has 26 heavy (non-hydrogen) atoms. The third-order valence-electron chi connectivity index (χ3n) is 4.05.